The highest BCUT2D eigenvalue weighted by Gasteiger charge is 2.33. The number of aliphatic imine (C=N–C) groups is 1. The van der Waals surface area contributed by atoms with E-state index in [1.54, 1.807) is 30.3 Å². The molecule has 0 atom stereocenters. The normalized spacial score (nSPS) is 12.6. The second-order valence-electron chi connectivity index (χ2n) is 2.94. The molecule has 1 nitrogen and oxygen atoms in total. The van der Waals surface area contributed by atoms with Crippen molar-refractivity contribution in [2.75, 3.05) is 0 Å². The Kier molecular flexibility index (Phi) is 3.97. The van der Waals surface area contributed by atoms with Crippen molar-refractivity contribution in [3.63, 3.8) is 0 Å². The lowest BCUT2D eigenvalue weighted by Crippen LogP contribution is -2.23. The van der Waals surface area contributed by atoms with Gasteiger partial charge in [-0.2, -0.15) is 8.78 Å². The standard InChI is InChI=1S/C11H10ClF2N/c1-2-8-11(13,14)10(12)15-9-6-4-3-5-7-9/h2-7H,1,8H2/b15-10-. The summed E-state index contributed by atoms with van der Waals surface area (Å²) in [6.07, 6.45) is 0.602. The fourth-order valence-electron chi connectivity index (χ4n) is 0.963. The third kappa shape index (κ3) is 3.44. The molecule has 1 rings (SSSR count). The fourth-order valence-corrected chi connectivity index (χ4v) is 1.14. The second kappa shape index (κ2) is 5.03. The van der Waals surface area contributed by atoms with Gasteiger partial charge in [0.2, 0.25) is 0 Å². The van der Waals surface area contributed by atoms with Crippen molar-refractivity contribution in [2.24, 2.45) is 4.99 Å². The third-order valence-corrected chi connectivity index (χ3v) is 2.05. The number of rotatable bonds is 4. The molecule has 1 aromatic rings. The molecule has 80 valence electrons. The van der Waals surface area contributed by atoms with Gasteiger partial charge in [-0.3, -0.25) is 0 Å². The number of hydrogen-bond acceptors (Lipinski definition) is 1. The van der Waals surface area contributed by atoms with Gasteiger partial charge in [-0.15, -0.1) is 6.58 Å². The van der Waals surface area contributed by atoms with E-state index in [2.05, 4.69) is 11.6 Å². The lowest BCUT2D eigenvalue weighted by molar-refractivity contribution is 0.0851. The van der Waals surface area contributed by atoms with Crippen molar-refractivity contribution in [1.29, 1.82) is 0 Å². The molecule has 0 aliphatic rings. The van der Waals surface area contributed by atoms with Crippen molar-refractivity contribution in [2.45, 2.75) is 12.3 Å². The van der Waals surface area contributed by atoms with Crippen LogP contribution in [0.5, 0.6) is 0 Å². The van der Waals surface area contributed by atoms with Gasteiger partial charge in [0.1, 0.15) is 0 Å². The predicted molar refractivity (Wildman–Crippen MR) is 59.2 cm³/mol. The van der Waals surface area contributed by atoms with E-state index in [1.165, 1.54) is 0 Å². The zero-order valence-electron chi connectivity index (χ0n) is 7.96. The average Bonchev–Trinajstić information content (AvgIpc) is 2.19. The summed E-state index contributed by atoms with van der Waals surface area (Å²) in [4.78, 5) is 3.63. The van der Waals surface area contributed by atoms with Crippen molar-refractivity contribution >= 4 is 22.5 Å². The van der Waals surface area contributed by atoms with Gasteiger partial charge < -0.3 is 0 Å². The highest BCUT2D eigenvalue weighted by Crippen LogP contribution is 2.25. The highest BCUT2D eigenvalue weighted by atomic mass is 35.5. The summed E-state index contributed by atoms with van der Waals surface area (Å²) in [6, 6.07) is 8.39. The first kappa shape index (κ1) is 11.9. The molecule has 0 saturated carbocycles. The Balaban J connectivity index is 2.88. The maximum absolute atomic E-state index is 13.2. The second-order valence-corrected chi connectivity index (χ2v) is 3.29. The molecule has 0 heterocycles. The summed E-state index contributed by atoms with van der Waals surface area (Å²) in [5.74, 6) is -3.14. The summed E-state index contributed by atoms with van der Waals surface area (Å²) < 4.78 is 26.3. The summed E-state index contributed by atoms with van der Waals surface area (Å²) in [5, 5.41) is -0.714. The largest absolute Gasteiger partial charge is 0.303 e. The van der Waals surface area contributed by atoms with Crippen molar-refractivity contribution in [3.05, 3.63) is 43.0 Å². The molecule has 0 aromatic heterocycles. The minimum Gasteiger partial charge on any atom is -0.235 e. The van der Waals surface area contributed by atoms with E-state index in [9.17, 15) is 8.78 Å². The van der Waals surface area contributed by atoms with Gasteiger partial charge in [0.25, 0.3) is 0 Å². The first-order chi connectivity index (χ1) is 7.06. The maximum atomic E-state index is 13.2. The zero-order valence-corrected chi connectivity index (χ0v) is 8.72. The van der Waals surface area contributed by atoms with Crippen LogP contribution in [0.25, 0.3) is 0 Å². The minimum absolute atomic E-state index is 0.409. The molecular weight excluding hydrogens is 220 g/mol. The molecule has 0 aliphatic heterocycles. The van der Waals surface area contributed by atoms with Gasteiger partial charge in [-0.1, -0.05) is 35.9 Å². The summed E-state index contributed by atoms with van der Waals surface area (Å²) in [7, 11) is 0. The third-order valence-electron chi connectivity index (χ3n) is 1.69. The molecule has 0 bridgehead atoms. The monoisotopic (exact) mass is 229 g/mol. The molecule has 4 heteroatoms. The van der Waals surface area contributed by atoms with Gasteiger partial charge in [-0.05, 0) is 12.1 Å². The van der Waals surface area contributed by atoms with E-state index < -0.39 is 17.5 Å². The molecule has 0 unspecified atom stereocenters. The Hall–Kier alpha value is -1.22. The Bertz CT molecular complexity index is 360. The van der Waals surface area contributed by atoms with Crippen LogP contribution >= 0.6 is 11.6 Å². The highest BCUT2D eigenvalue weighted by molar-refractivity contribution is 6.67. The topological polar surface area (TPSA) is 12.4 Å². The molecule has 1 aromatic carbocycles. The van der Waals surface area contributed by atoms with E-state index in [1.807, 2.05) is 0 Å². The van der Waals surface area contributed by atoms with E-state index in [4.69, 9.17) is 11.6 Å². The van der Waals surface area contributed by atoms with E-state index in [0.29, 0.717) is 5.69 Å². The fraction of sp³-hybridized carbons (Fsp3) is 0.182. The van der Waals surface area contributed by atoms with E-state index in [-0.39, 0.29) is 0 Å². The number of benzene rings is 1. The predicted octanol–water partition coefficient (Wildman–Crippen LogP) is 4.17. The van der Waals surface area contributed by atoms with Gasteiger partial charge >= 0.3 is 5.92 Å². The molecule has 0 aliphatic carbocycles. The maximum Gasteiger partial charge on any atom is 0.303 e. The van der Waals surface area contributed by atoms with Crippen LogP contribution in [0, 0.1) is 0 Å². The Labute approximate surface area is 92.1 Å². The lowest BCUT2D eigenvalue weighted by atomic mass is 10.2. The summed E-state index contributed by atoms with van der Waals surface area (Å²) in [5.41, 5.74) is 0.409. The number of hydrogen-bond donors (Lipinski definition) is 0. The minimum atomic E-state index is -3.14. The first-order valence-corrected chi connectivity index (χ1v) is 4.72. The van der Waals surface area contributed by atoms with Crippen LogP contribution in [0.4, 0.5) is 14.5 Å². The van der Waals surface area contributed by atoms with Crippen LogP contribution in [0.15, 0.2) is 48.0 Å². The van der Waals surface area contributed by atoms with Crippen LogP contribution < -0.4 is 0 Å². The van der Waals surface area contributed by atoms with E-state index in [0.717, 1.165) is 6.08 Å². The van der Waals surface area contributed by atoms with E-state index >= 15 is 0 Å². The molecule has 0 radical (unpaired) electrons. The number of allylic oxidation sites excluding steroid dienone is 1. The lowest BCUT2D eigenvalue weighted by Gasteiger charge is -2.11. The van der Waals surface area contributed by atoms with Crippen LogP contribution in [-0.2, 0) is 0 Å². The smallest absolute Gasteiger partial charge is 0.235 e. The number of para-hydroxylation sites is 1. The SMILES string of the molecule is C=CCC(F)(F)/C(Cl)=N/c1ccccc1. The molecule has 0 N–H and O–H groups in total. The molecule has 0 amide bonds. The van der Waals surface area contributed by atoms with Gasteiger partial charge in [0.15, 0.2) is 5.17 Å². The van der Waals surface area contributed by atoms with Gasteiger partial charge in [0, 0.05) is 6.42 Å². The van der Waals surface area contributed by atoms with Crippen LogP contribution in [0.3, 0.4) is 0 Å². The molecule has 0 saturated heterocycles. The Morgan fingerprint density at radius 1 is 1.40 bits per heavy atom. The average molecular weight is 230 g/mol. The molecule has 15 heavy (non-hydrogen) atoms. The van der Waals surface area contributed by atoms with Gasteiger partial charge in [0.05, 0.1) is 5.69 Å². The zero-order chi connectivity index (χ0) is 11.3. The Morgan fingerprint density at radius 2 is 2.00 bits per heavy atom. The quantitative estimate of drug-likeness (QED) is 0.543. The number of halogens is 3. The first-order valence-electron chi connectivity index (χ1n) is 4.34. The van der Waals surface area contributed by atoms with Crippen LogP contribution in [0.1, 0.15) is 6.42 Å². The van der Waals surface area contributed by atoms with Crippen molar-refractivity contribution in [1.82, 2.24) is 0 Å². The number of alkyl halides is 2. The van der Waals surface area contributed by atoms with Crippen LogP contribution in [0.2, 0.25) is 0 Å². The number of nitrogens with zero attached hydrogens (tertiary/aromatic N) is 1. The summed E-state index contributed by atoms with van der Waals surface area (Å²) in [6.45, 7) is 3.24. The molecule has 0 fully saturated rings. The molecular formula is C11H10ClF2N. The van der Waals surface area contributed by atoms with Crippen molar-refractivity contribution in [3.8, 4) is 0 Å². The van der Waals surface area contributed by atoms with Gasteiger partial charge in [-0.25, -0.2) is 4.99 Å². The Morgan fingerprint density at radius 3 is 2.53 bits per heavy atom. The van der Waals surface area contributed by atoms with Crippen LogP contribution in [-0.4, -0.2) is 11.1 Å². The summed E-state index contributed by atoms with van der Waals surface area (Å²) >= 11 is 5.44. The molecule has 0 spiro atoms. The van der Waals surface area contributed by atoms with Crippen molar-refractivity contribution < 1.29 is 8.78 Å².